The number of hydrogen-bond acceptors (Lipinski definition) is 9. The summed E-state index contributed by atoms with van der Waals surface area (Å²) in [6, 6.07) is -1.30. The van der Waals surface area contributed by atoms with Crippen LogP contribution in [0.5, 0.6) is 0 Å². The summed E-state index contributed by atoms with van der Waals surface area (Å²) in [7, 11) is 1.15. The number of hydrogen-bond donors (Lipinski definition) is 2. The first kappa shape index (κ1) is 20.7. The molecular formula is C12H16ClNO9. The SMILES string of the molecule is COC(=O)/C=C/C(=O)OCCOC(=O)OC[C@H](NCCl)C(=O)O. The lowest BCUT2D eigenvalue weighted by atomic mass is 10.3. The summed E-state index contributed by atoms with van der Waals surface area (Å²) in [6.45, 7) is -1.07. The van der Waals surface area contributed by atoms with Gasteiger partial charge in [0.05, 0.1) is 13.1 Å². The van der Waals surface area contributed by atoms with Crippen LogP contribution in [0.1, 0.15) is 0 Å². The Bertz CT molecular complexity index is 452. The Morgan fingerprint density at radius 3 is 2.26 bits per heavy atom. The largest absolute Gasteiger partial charge is 0.508 e. The van der Waals surface area contributed by atoms with Crippen LogP contribution in [0, 0.1) is 0 Å². The maximum Gasteiger partial charge on any atom is 0.508 e. The van der Waals surface area contributed by atoms with Gasteiger partial charge in [-0.05, 0) is 0 Å². The summed E-state index contributed by atoms with van der Waals surface area (Å²) >= 11 is 5.31. The molecule has 0 amide bonds. The maximum atomic E-state index is 11.2. The van der Waals surface area contributed by atoms with Gasteiger partial charge in [-0.15, -0.1) is 11.6 Å². The second-order valence-corrected chi connectivity index (χ2v) is 3.93. The zero-order valence-corrected chi connectivity index (χ0v) is 12.9. The number of carbonyl (C=O) groups is 4. The molecule has 0 fully saturated rings. The molecule has 0 unspecified atom stereocenters. The highest BCUT2D eigenvalue weighted by Crippen LogP contribution is 1.93. The first-order valence-electron chi connectivity index (χ1n) is 6.15. The highest BCUT2D eigenvalue weighted by Gasteiger charge is 2.19. The van der Waals surface area contributed by atoms with E-state index in [-0.39, 0.29) is 19.2 Å². The molecule has 23 heavy (non-hydrogen) atoms. The Morgan fingerprint density at radius 2 is 1.70 bits per heavy atom. The molecule has 0 aromatic heterocycles. The van der Waals surface area contributed by atoms with Crippen molar-refractivity contribution in [3.63, 3.8) is 0 Å². The molecule has 0 aromatic carbocycles. The Labute approximate surface area is 136 Å². The van der Waals surface area contributed by atoms with Crippen LogP contribution in [0.3, 0.4) is 0 Å². The molecule has 0 saturated carbocycles. The number of alkyl halides is 1. The van der Waals surface area contributed by atoms with Gasteiger partial charge in [-0.3, -0.25) is 10.1 Å². The van der Waals surface area contributed by atoms with Gasteiger partial charge >= 0.3 is 24.1 Å². The van der Waals surface area contributed by atoms with E-state index in [1.54, 1.807) is 0 Å². The van der Waals surface area contributed by atoms with E-state index in [1.807, 2.05) is 0 Å². The number of carboxylic acids is 1. The Balaban J connectivity index is 3.86. The van der Waals surface area contributed by atoms with Gasteiger partial charge in [0.25, 0.3) is 0 Å². The molecule has 0 saturated heterocycles. The molecule has 0 bridgehead atoms. The first-order chi connectivity index (χ1) is 10.9. The molecule has 10 nitrogen and oxygen atoms in total. The lowest BCUT2D eigenvalue weighted by molar-refractivity contribution is -0.141. The number of methoxy groups -OCH3 is 1. The minimum Gasteiger partial charge on any atom is -0.480 e. The number of aliphatic carboxylic acids is 1. The third kappa shape index (κ3) is 11.0. The second kappa shape index (κ2) is 12.2. The average Bonchev–Trinajstić information content (AvgIpc) is 2.52. The van der Waals surface area contributed by atoms with E-state index in [4.69, 9.17) is 16.7 Å². The van der Waals surface area contributed by atoms with Crippen molar-refractivity contribution in [2.75, 3.05) is 32.9 Å². The number of esters is 2. The molecule has 0 aliphatic carbocycles. The lowest BCUT2D eigenvalue weighted by Crippen LogP contribution is -2.40. The van der Waals surface area contributed by atoms with Crippen molar-refractivity contribution in [2.24, 2.45) is 0 Å². The fourth-order valence-corrected chi connectivity index (χ4v) is 1.21. The number of ether oxygens (including phenoxy) is 4. The van der Waals surface area contributed by atoms with Gasteiger partial charge < -0.3 is 24.1 Å². The summed E-state index contributed by atoms with van der Waals surface area (Å²) in [5.41, 5.74) is 0. The summed E-state index contributed by atoms with van der Waals surface area (Å²) in [4.78, 5) is 43.7. The average molecular weight is 354 g/mol. The van der Waals surface area contributed by atoms with Crippen molar-refractivity contribution in [3.05, 3.63) is 12.2 Å². The van der Waals surface area contributed by atoms with Gasteiger partial charge in [0.15, 0.2) is 0 Å². The molecule has 0 aliphatic heterocycles. The monoisotopic (exact) mass is 353 g/mol. The van der Waals surface area contributed by atoms with Crippen LogP contribution in [-0.2, 0) is 33.3 Å². The lowest BCUT2D eigenvalue weighted by Gasteiger charge is -2.12. The van der Waals surface area contributed by atoms with Crippen molar-refractivity contribution < 1.29 is 43.2 Å². The molecule has 0 aromatic rings. The minimum absolute atomic E-state index is 0.135. The van der Waals surface area contributed by atoms with Gasteiger partial charge in [-0.1, -0.05) is 0 Å². The van der Waals surface area contributed by atoms with E-state index in [9.17, 15) is 19.2 Å². The van der Waals surface area contributed by atoms with Crippen LogP contribution in [0.4, 0.5) is 4.79 Å². The Kier molecular flexibility index (Phi) is 11.0. The van der Waals surface area contributed by atoms with E-state index in [2.05, 4.69) is 24.3 Å². The first-order valence-corrected chi connectivity index (χ1v) is 6.68. The van der Waals surface area contributed by atoms with E-state index in [1.165, 1.54) is 0 Å². The zero-order chi connectivity index (χ0) is 17.7. The van der Waals surface area contributed by atoms with E-state index >= 15 is 0 Å². The van der Waals surface area contributed by atoms with Crippen molar-refractivity contribution in [1.82, 2.24) is 5.32 Å². The van der Waals surface area contributed by atoms with Crippen LogP contribution in [0.25, 0.3) is 0 Å². The fourth-order valence-electron chi connectivity index (χ4n) is 1.02. The van der Waals surface area contributed by atoms with Crippen molar-refractivity contribution in [1.29, 1.82) is 0 Å². The number of halogens is 1. The quantitative estimate of drug-likeness (QED) is 0.134. The molecule has 1 atom stereocenters. The molecule has 0 spiro atoms. The fraction of sp³-hybridized carbons (Fsp3) is 0.500. The van der Waals surface area contributed by atoms with Crippen molar-refractivity contribution >= 4 is 35.7 Å². The normalized spacial score (nSPS) is 11.6. The Morgan fingerprint density at radius 1 is 1.09 bits per heavy atom. The minimum atomic E-state index is -1.25. The zero-order valence-electron chi connectivity index (χ0n) is 12.2. The van der Waals surface area contributed by atoms with E-state index in [0.29, 0.717) is 0 Å². The third-order valence-electron chi connectivity index (χ3n) is 2.09. The predicted octanol–water partition coefficient (Wildman–Crippen LogP) is -0.349. The molecule has 0 heterocycles. The van der Waals surface area contributed by atoms with Crippen LogP contribution in [-0.4, -0.2) is 68.1 Å². The highest BCUT2D eigenvalue weighted by molar-refractivity contribution is 6.17. The van der Waals surface area contributed by atoms with Gasteiger partial charge in [0, 0.05) is 12.2 Å². The number of nitrogens with one attached hydrogen (secondary N) is 1. The van der Waals surface area contributed by atoms with Gasteiger partial charge in [0.2, 0.25) is 0 Å². The number of carbonyl (C=O) groups excluding carboxylic acids is 3. The molecule has 11 heteroatoms. The summed E-state index contributed by atoms with van der Waals surface area (Å²) in [5.74, 6) is -2.80. The van der Waals surface area contributed by atoms with Gasteiger partial charge in [0.1, 0.15) is 25.9 Å². The second-order valence-electron chi connectivity index (χ2n) is 3.66. The maximum absolute atomic E-state index is 11.2. The predicted molar refractivity (Wildman–Crippen MR) is 74.7 cm³/mol. The summed E-state index contributed by atoms with van der Waals surface area (Å²) in [6.07, 6.45) is 0.584. The number of rotatable bonds is 10. The van der Waals surface area contributed by atoms with Crippen LogP contribution in [0.15, 0.2) is 12.2 Å². The standard InChI is InChI=1S/C12H16ClNO9/c1-20-9(15)2-3-10(16)21-4-5-22-12(19)23-6-8(11(17)18)14-7-13/h2-3,8,14H,4-7H2,1H3,(H,17,18)/b3-2+/t8-/m0/s1. The molecule has 0 aliphatic rings. The number of carboxylic acid groups (broad SMARTS) is 1. The molecule has 0 radical (unpaired) electrons. The smallest absolute Gasteiger partial charge is 0.480 e. The highest BCUT2D eigenvalue weighted by atomic mass is 35.5. The molecule has 130 valence electrons. The molecular weight excluding hydrogens is 338 g/mol. The van der Waals surface area contributed by atoms with Crippen LogP contribution >= 0.6 is 11.6 Å². The van der Waals surface area contributed by atoms with Gasteiger partial charge in [-0.25, -0.2) is 14.4 Å². The van der Waals surface area contributed by atoms with Crippen LogP contribution < -0.4 is 5.32 Å². The van der Waals surface area contributed by atoms with E-state index in [0.717, 1.165) is 19.3 Å². The molecule has 2 N–H and O–H groups in total. The van der Waals surface area contributed by atoms with Crippen molar-refractivity contribution in [2.45, 2.75) is 6.04 Å². The van der Waals surface area contributed by atoms with Gasteiger partial charge in [-0.2, -0.15) is 0 Å². The van der Waals surface area contributed by atoms with E-state index < -0.39 is 36.7 Å². The third-order valence-corrected chi connectivity index (χ3v) is 2.25. The summed E-state index contributed by atoms with van der Waals surface area (Å²) in [5, 5.41) is 11.1. The summed E-state index contributed by atoms with van der Waals surface area (Å²) < 4.78 is 17.9. The molecule has 0 rings (SSSR count). The Hall–Kier alpha value is -2.33. The van der Waals surface area contributed by atoms with Crippen LogP contribution in [0.2, 0.25) is 0 Å². The topological polar surface area (TPSA) is 137 Å². The van der Waals surface area contributed by atoms with Crippen molar-refractivity contribution in [3.8, 4) is 0 Å².